The van der Waals surface area contributed by atoms with Crippen LogP contribution < -0.4 is 0 Å². The fourth-order valence-electron chi connectivity index (χ4n) is 0.972. The normalized spacial score (nSPS) is 13.8. The monoisotopic (exact) mass is 201 g/mol. The van der Waals surface area contributed by atoms with E-state index in [0.717, 1.165) is 25.0 Å². The minimum atomic E-state index is -0.993. The first-order valence-electron chi connectivity index (χ1n) is 4.99. The van der Waals surface area contributed by atoms with Gasteiger partial charge < -0.3 is 9.94 Å². The van der Waals surface area contributed by atoms with Crippen LogP contribution in [-0.2, 0) is 9.63 Å². The number of carboxylic acid groups (broad SMARTS) is 1. The van der Waals surface area contributed by atoms with Crippen molar-refractivity contribution in [3.8, 4) is 0 Å². The van der Waals surface area contributed by atoms with Gasteiger partial charge in [0.05, 0.1) is 5.71 Å². The lowest BCUT2D eigenvalue weighted by atomic mass is 10.0. The van der Waals surface area contributed by atoms with Crippen LogP contribution in [0.3, 0.4) is 0 Å². The molecule has 1 atom stereocenters. The largest absolute Gasteiger partial charge is 0.479 e. The maximum Gasteiger partial charge on any atom is 0.344 e. The fourth-order valence-corrected chi connectivity index (χ4v) is 0.972. The third-order valence-corrected chi connectivity index (χ3v) is 2.07. The zero-order valence-corrected chi connectivity index (χ0v) is 9.12. The Morgan fingerprint density at radius 2 is 2.14 bits per heavy atom. The van der Waals surface area contributed by atoms with E-state index in [-0.39, 0.29) is 6.61 Å². The Labute approximate surface area is 84.9 Å². The molecule has 0 aliphatic rings. The molecule has 0 bridgehead atoms. The molecule has 4 nitrogen and oxygen atoms in total. The van der Waals surface area contributed by atoms with Gasteiger partial charge in [-0.3, -0.25) is 0 Å². The summed E-state index contributed by atoms with van der Waals surface area (Å²) in [5.41, 5.74) is 0.931. The minimum Gasteiger partial charge on any atom is -0.479 e. The third-order valence-electron chi connectivity index (χ3n) is 2.07. The summed E-state index contributed by atoms with van der Waals surface area (Å²) in [6, 6.07) is 0. The Morgan fingerprint density at radius 1 is 1.50 bits per heavy atom. The molecular formula is C10H19NO3. The zero-order chi connectivity index (χ0) is 11.0. The van der Waals surface area contributed by atoms with Crippen LogP contribution >= 0.6 is 0 Å². The average Bonchev–Trinajstić information content (AvgIpc) is 2.15. The highest BCUT2D eigenvalue weighted by Crippen LogP contribution is 2.09. The van der Waals surface area contributed by atoms with Gasteiger partial charge in [0.2, 0.25) is 6.61 Å². The molecule has 0 radical (unpaired) electrons. The molecule has 0 heterocycles. The van der Waals surface area contributed by atoms with E-state index in [0.29, 0.717) is 5.92 Å². The van der Waals surface area contributed by atoms with E-state index in [9.17, 15) is 4.79 Å². The lowest BCUT2D eigenvalue weighted by molar-refractivity contribution is -0.142. The van der Waals surface area contributed by atoms with Crippen molar-refractivity contribution in [2.75, 3.05) is 6.61 Å². The summed E-state index contributed by atoms with van der Waals surface area (Å²) in [6.07, 6.45) is 2.79. The lowest BCUT2D eigenvalue weighted by Crippen LogP contribution is -2.08. The highest BCUT2D eigenvalue weighted by atomic mass is 16.6. The Kier molecular flexibility index (Phi) is 6.80. The second-order valence-electron chi connectivity index (χ2n) is 3.40. The summed E-state index contributed by atoms with van der Waals surface area (Å²) in [5.74, 6) is -0.421. The van der Waals surface area contributed by atoms with Gasteiger partial charge >= 0.3 is 5.97 Å². The maximum atomic E-state index is 10.2. The van der Waals surface area contributed by atoms with Crippen molar-refractivity contribution < 1.29 is 14.7 Å². The van der Waals surface area contributed by atoms with Crippen LogP contribution in [0, 0.1) is 5.92 Å². The van der Waals surface area contributed by atoms with E-state index < -0.39 is 5.97 Å². The van der Waals surface area contributed by atoms with Crippen LogP contribution in [0.2, 0.25) is 0 Å². The number of carbonyl (C=O) groups is 1. The van der Waals surface area contributed by atoms with Crippen molar-refractivity contribution in [3.63, 3.8) is 0 Å². The van der Waals surface area contributed by atoms with Crippen molar-refractivity contribution in [2.45, 2.75) is 40.0 Å². The molecule has 4 heteroatoms. The fraction of sp³-hybridized carbons (Fsp3) is 0.800. The number of nitrogens with zero attached hydrogens (tertiary/aromatic N) is 1. The zero-order valence-electron chi connectivity index (χ0n) is 9.12. The standard InChI is InChI=1S/C10H19NO3/c1-4-8(3)6-9(5-2)11-14-7-10(12)13/h8H,4-7H2,1-3H3,(H,12,13). The Bertz CT molecular complexity index is 202. The van der Waals surface area contributed by atoms with Crippen molar-refractivity contribution in [2.24, 2.45) is 11.1 Å². The summed E-state index contributed by atoms with van der Waals surface area (Å²) in [7, 11) is 0. The SMILES string of the molecule is CCC(CC(C)CC)=NOCC(=O)O. The lowest BCUT2D eigenvalue weighted by Gasteiger charge is -2.08. The summed E-state index contributed by atoms with van der Waals surface area (Å²) < 4.78 is 0. The molecule has 82 valence electrons. The Morgan fingerprint density at radius 3 is 2.57 bits per heavy atom. The Balaban J connectivity index is 3.92. The first kappa shape index (κ1) is 12.9. The third kappa shape index (κ3) is 6.46. The molecule has 0 aliphatic carbocycles. The smallest absolute Gasteiger partial charge is 0.344 e. The van der Waals surface area contributed by atoms with E-state index in [1.165, 1.54) is 0 Å². The van der Waals surface area contributed by atoms with E-state index in [2.05, 4.69) is 23.8 Å². The Hall–Kier alpha value is -1.06. The number of rotatable bonds is 7. The predicted molar refractivity (Wildman–Crippen MR) is 55.4 cm³/mol. The van der Waals surface area contributed by atoms with Crippen LogP contribution in [-0.4, -0.2) is 23.4 Å². The van der Waals surface area contributed by atoms with Gasteiger partial charge in [-0.1, -0.05) is 32.3 Å². The number of carboxylic acids is 1. The summed E-state index contributed by atoms with van der Waals surface area (Å²) in [4.78, 5) is 14.8. The van der Waals surface area contributed by atoms with Crippen LogP contribution in [0.15, 0.2) is 5.16 Å². The first-order valence-corrected chi connectivity index (χ1v) is 4.99. The molecule has 0 aromatic heterocycles. The molecule has 0 aromatic rings. The van der Waals surface area contributed by atoms with E-state index in [4.69, 9.17) is 5.11 Å². The van der Waals surface area contributed by atoms with Crippen LogP contribution in [0.25, 0.3) is 0 Å². The minimum absolute atomic E-state index is 0.357. The number of oxime groups is 1. The van der Waals surface area contributed by atoms with Crippen LogP contribution in [0.4, 0.5) is 0 Å². The van der Waals surface area contributed by atoms with Crippen molar-refractivity contribution >= 4 is 11.7 Å². The second kappa shape index (κ2) is 7.35. The highest BCUT2D eigenvalue weighted by Gasteiger charge is 2.04. The molecule has 14 heavy (non-hydrogen) atoms. The van der Waals surface area contributed by atoms with E-state index >= 15 is 0 Å². The predicted octanol–water partition coefficient (Wildman–Crippen LogP) is 2.29. The van der Waals surface area contributed by atoms with E-state index in [1.807, 2.05) is 6.92 Å². The maximum absolute atomic E-state index is 10.2. The van der Waals surface area contributed by atoms with Gasteiger partial charge in [0.15, 0.2) is 0 Å². The molecule has 0 aromatic carbocycles. The average molecular weight is 201 g/mol. The topological polar surface area (TPSA) is 58.9 Å². The van der Waals surface area contributed by atoms with Crippen LogP contribution in [0.1, 0.15) is 40.0 Å². The highest BCUT2D eigenvalue weighted by molar-refractivity contribution is 5.83. The molecule has 0 fully saturated rings. The summed E-state index contributed by atoms with van der Waals surface area (Å²) in [6.45, 7) is 5.90. The summed E-state index contributed by atoms with van der Waals surface area (Å²) in [5, 5.41) is 12.1. The van der Waals surface area contributed by atoms with Crippen molar-refractivity contribution in [1.82, 2.24) is 0 Å². The van der Waals surface area contributed by atoms with Crippen LogP contribution in [0.5, 0.6) is 0 Å². The number of hydrogen-bond acceptors (Lipinski definition) is 3. The molecule has 0 rings (SSSR count). The molecule has 0 spiro atoms. The van der Waals surface area contributed by atoms with Gasteiger partial charge in [0.25, 0.3) is 0 Å². The summed E-state index contributed by atoms with van der Waals surface area (Å²) >= 11 is 0. The van der Waals surface area contributed by atoms with Gasteiger partial charge in [-0.2, -0.15) is 0 Å². The molecule has 1 N–H and O–H groups in total. The number of aliphatic carboxylic acids is 1. The van der Waals surface area contributed by atoms with Gasteiger partial charge in [-0.15, -0.1) is 0 Å². The van der Waals surface area contributed by atoms with Gasteiger partial charge in [0, 0.05) is 0 Å². The van der Waals surface area contributed by atoms with Gasteiger partial charge in [-0.05, 0) is 18.8 Å². The molecule has 0 saturated heterocycles. The molecule has 0 amide bonds. The molecule has 0 aliphatic heterocycles. The second-order valence-corrected chi connectivity index (χ2v) is 3.40. The number of hydrogen-bond donors (Lipinski definition) is 1. The molecular weight excluding hydrogens is 182 g/mol. The van der Waals surface area contributed by atoms with Crippen molar-refractivity contribution in [3.05, 3.63) is 0 Å². The quantitative estimate of drug-likeness (QED) is 0.508. The van der Waals surface area contributed by atoms with E-state index in [1.54, 1.807) is 0 Å². The van der Waals surface area contributed by atoms with Gasteiger partial charge in [0.1, 0.15) is 0 Å². The van der Waals surface area contributed by atoms with Crippen molar-refractivity contribution in [1.29, 1.82) is 0 Å². The first-order chi connectivity index (χ1) is 6.60. The molecule has 0 saturated carbocycles. The van der Waals surface area contributed by atoms with Gasteiger partial charge in [-0.25, -0.2) is 4.79 Å². The molecule has 1 unspecified atom stereocenters.